The van der Waals surface area contributed by atoms with Crippen molar-refractivity contribution < 1.29 is 0 Å². The molecule has 98 valence electrons. The van der Waals surface area contributed by atoms with Gasteiger partial charge in [0.15, 0.2) is 0 Å². The van der Waals surface area contributed by atoms with Crippen LogP contribution < -0.4 is 4.15 Å². The van der Waals surface area contributed by atoms with Gasteiger partial charge in [0.2, 0.25) is 0 Å². The van der Waals surface area contributed by atoms with Crippen LogP contribution in [0.25, 0.3) is 0 Å². The van der Waals surface area contributed by atoms with Crippen molar-refractivity contribution in [3.63, 3.8) is 0 Å². The van der Waals surface area contributed by atoms with Crippen LogP contribution >= 0.6 is 0 Å². The Labute approximate surface area is 123 Å². The molecule has 0 saturated heterocycles. The number of nitrogens with zero attached hydrogens (tertiary/aromatic N) is 1. The van der Waals surface area contributed by atoms with E-state index >= 15 is 0 Å². The van der Waals surface area contributed by atoms with Crippen LogP contribution in [0.4, 0.5) is 17.1 Å². The zero-order valence-corrected chi connectivity index (χ0v) is 13.6. The molecule has 0 aromatic heterocycles. The molecule has 0 unspecified atom stereocenters. The van der Waals surface area contributed by atoms with Gasteiger partial charge in [0.05, 0.1) is 0 Å². The number of para-hydroxylation sites is 3. The smallest absolute Gasteiger partial charge is 0.254 e. The van der Waals surface area contributed by atoms with Gasteiger partial charge in [0, 0.05) is 0 Å². The highest BCUT2D eigenvalue weighted by atomic mass is 28.2. The lowest BCUT2D eigenvalue weighted by atomic mass is 10.2. The second kappa shape index (κ2) is 5.45. The first-order valence-electron chi connectivity index (χ1n) is 6.85. The zero-order chi connectivity index (χ0) is 13.8. The van der Waals surface area contributed by atoms with Crippen LogP contribution in [0.2, 0.25) is 0 Å². The van der Waals surface area contributed by atoms with Gasteiger partial charge in [-0.15, -0.1) is 0 Å². The summed E-state index contributed by atoms with van der Waals surface area (Å²) in [5, 5.41) is 0. The highest BCUT2D eigenvalue weighted by Crippen LogP contribution is 2.40. The Hall–Kier alpha value is -2.16. The lowest BCUT2D eigenvalue weighted by Crippen LogP contribution is -2.35. The summed E-state index contributed by atoms with van der Waals surface area (Å²) in [5.41, 5.74) is 3.95. The second-order valence-electron chi connectivity index (χ2n) is 5.01. The molecule has 0 aliphatic heterocycles. The summed E-state index contributed by atoms with van der Waals surface area (Å²) in [4.78, 5) is 0. The summed E-state index contributed by atoms with van der Waals surface area (Å²) in [7, 11) is 0.969. The van der Waals surface area contributed by atoms with Gasteiger partial charge in [-0.3, -0.25) is 4.15 Å². The first-order valence-corrected chi connectivity index (χ1v) is 7.74. The second-order valence-corrected chi connectivity index (χ2v) is 6.35. The lowest BCUT2D eigenvalue weighted by molar-refractivity contribution is 0.806. The minimum absolute atomic E-state index is 0.808. The number of benzene rings is 3. The van der Waals surface area contributed by atoms with Gasteiger partial charge in [0.1, 0.15) is 17.1 Å². The quantitative estimate of drug-likeness (QED) is 0.636. The van der Waals surface area contributed by atoms with Crippen molar-refractivity contribution in [2.45, 2.75) is 0 Å². The van der Waals surface area contributed by atoms with Gasteiger partial charge < -0.3 is 0 Å². The molecule has 0 aliphatic rings. The van der Waals surface area contributed by atoms with Crippen LogP contribution in [-0.4, -0.2) is 10.4 Å². The Bertz CT molecular complexity index is 569. The lowest BCUT2D eigenvalue weighted by Gasteiger charge is -2.35. The van der Waals surface area contributed by atoms with Gasteiger partial charge in [-0.25, -0.2) is 0 Å². The molecule has 20 heavy (non-hydrogen) atoms. The van der Waals surface area contributed by atoms with Crippen LogP contribution in [0.1, 0.15) is 0 Å². The Morgan fingerprint density at radius 1 is 0.450 bits per heavy atom. The average molecular weight is 276 g/mol. The van der Waals surface area contributed by atoms with Crippen molar-refractivity contribution in [1.82, 2.24) is 4.15 Å². The summed E-state index contributed by atoms with van der Waals surface area (Å²) in [6.07, 6.45) is 0. The van der Waals surface area contributed by atoms with Gasteiger partial charge in [-0.05, 0) is 36.4 Å². The van der Waals surface area contributed by atoms with Crippen molar-refractivity contribution in [2.24, 2.45) is 0 Å². The number of rotatable bonds is 3. The molecular formula is C18H18NSi+. The van der Waals surface area contributed by atoms with E-state index < -0.39 is 0 Å². The molecule has 1 nitrogen and oxygen atoms in total. The normalized spacial score (nSPS) is 11.4. The van der Waals surface area contributed by atoms with E-state index in [2.05, 4.69) is 91.0 Å². The van der Waals surface area contributed by atoms with Crippen LogP contribution in [0.15, 0.2) is 91.0 Å². The number of hydrogen-bond donors (Lipinski definition) is 0. The largest absolute Gasteiger partial charge is 0.292 e. The summed E-state index contributed by atoms with van der Waals surface area (Å²) in [5.74, 6) is 0. The summed E-state index contributed by atoms with van der Waals surface area (Å²) < 4.78 is 0.808. The van der Waals surface area contributed by atoms with E-state index in [1.807, 2.05) is 0 Å². The molecule has 3 aromatic carbocycles. The molecule has 0 spiro atoms. The Morgan fingerprint density at radius 2 is 0.700 bits per heavy atom. The standard InChI is InChI=1S/C18H18NSi/c20-19(16-10-4-1-5-11-16,17-12-6-2-7-13-17)18-14-8-3-9-15-18/h1-15H,20H3/q+1. The van der Waals surface area contributed by atoms with Crippen LogP contribution in [-0.2, 0) is 0 Å². The van der Waals surface area contributed by atoms with Crippen molar-refractivity contribution in [2.75, 3.05) is 0 Å². The molecule has 0 radical (unpaired) electrons. The van der Waals surface area contributed by atoms with Gasteiger partial charge in [0.25, 0.3) is 10.4 Å². The van der Waals surface area contributed by atoms with Gasteiger partial charge in [-0.2, -0.15) is 0 Å². The van der Waals surface area contributed by atoms with Gasteiger partial charge >= 0.3 is 0 Å². The molecule has 0 bridgehead atoms. The molecule has 0 amide bonds. The predicted octanol–water partition coefficient (Wildman–Crippen LogP) is 3.94. The predicted molar refractivity (Wildman–Crippen MR) is 90.4 cm³/mol. The van der Waals surface area contributed by atoms with Crippen molar-refractivity contribution in [3.8, 4) is 0 Å². The highest BCUT2D eigenvalue weighted by molar-refractivity contribution is 6.21. The molecule has 0 fully saturated rings. The molecule has 0 aliphatic carbocycles. The third-order valence-corrected chi connectivity index (χ3v) is 5.37. The molecule has 0 heterocycles. The minimum Gasteiger partial charge on any atom is -0.292 e. The van der Waals surface area contributed by atoms with Gasteiger partial charge in [-0.1, -0.05) is 54.6 Å². The highest BCUT2D eigenvalue weighted by Gasteiger charge is 2.28. The third kappa shape index (κ3) is 2.20. The number of hydrogen-bond acceptors (Lipinski definition) is 0. The molecule has 2 heteroatoms. The fourth-order valence-corrected chi connectivity index (χ4v) is 3.52. The average Bonchev–Trinajstić information content (AvgIpc) is 2.56. The Morgan fingerprint density at radius 3 is 0.950 bits per heavy atom. The zero-order valence-electron chi connectivity index (χ0n) is 11.6. The van der Waals surface area contributed by atoms with E-state index in [4.69, 9.17) is 0 Å². The van der Waals surface area contributed by atoms with Crippen molar-refractivity contribution in [3.05, 3.63) is 91.0 Å². The number of quaternary nitrogens is 1. The Balaban J connectivity index is 2.24. The molecular weight excluding hydrogens is 258 g/mol. The maximum Gasteiger partial charge on any atom is 0.254 e. The van der Waals surface area contributed by atoms with Crippen LogP contribution in [0.5, 0.6) is 0 Å². The SMILES string of the molecule is [SiH3][N+](c1ccccc1)(c1ccccc1)c1ccccc1. The summed E-state index contributed by atoms with van der Waals surface area (Å²) >= 11 is 0. The summed E-state index contributed by atoms with van der Waals surface area (Å²) in [6.45, 7) is 0. The van der Waals surface area contributed by atoms with E-state index in [0.29, 0.717) is 0 Å². The summed E-state index contributed by atoms with van der Waals surface area (Å²) in [6, 6.07) is 32.2. The fraction of sp³-hybridized carbons (Fsp3) is 0. The first-order chi connectivity index (χ1) is 9.82. The molecule has 3 aromatic rings. The maximum atomic E-state index is 2.22. The van der Waals surface area contributed by atoms with E-state index in [1.54, 1.807) is 0 Å². The molecule has 0 N–H and O–H groups in total. The van der Waals surface area contributed by atoms with E-state index in [9.17, 15) is 0 Å². The van der Waals surface area contributed by atoms with E-state index in [0.717, 1.165) is 14.6 Å². The fourth-order valence-electron chi connectivity index (χ4n) is 2.63. The van der Waals surface area contributed by atoms with E-state index in [1.165, 1.54) is 17.1 Å². The molecule has 0 saturated carbocycles. The maximum absolute atomic E-state index is 2.22. The molecule has 3 rings (SSSR count). The van der Waals surface area contributed by atoms with Crippen molar-refractivity contribution >= 4 is 27.5 Å². The molecule has 0 atom stereocenters. The first kappa shape index (κ1) is 12.8. The topological polar surface area (TPSA) is 0 Å². The monoisotopic (exact) mass is 276 g/mol. The minimum atomic E-state index is 0.808. The van der Waals surface area contributed by atoms with E-state index in [-0.39, 0.29) is 0 Å². The van der Waals surface area contributed by atoms with Crippen molar-refractivity contribution in [1.29, 1.82) is 0 Å². The Kier molecular flexibility index (Phi) is 3.50. The van der Waals surface area contributed by atoms with Crippen LogP contribution in [0, 0.1) is 0 Å². The van der Waals surface area contributed by atoms with Crippen LogP contribution in [0.3, 0.4) is 0 Å². The third-order valence-electron chi connectivity index (χ3n) is 3.82.